The van der Waals surface area contributed by atoms with Crippen molar-refractivity contribution in [3.63, 3.8) is 0 Å². The predicted molar refractivity (Wildman–Crippen MR) is 90.4 cm³/mol. The lowest BCUT2D eigenvalue weighted by Gasteiger charge is -2.16. The average Bonchev–Trinajstić information content (AvgIpc) is 3.01. The summed E-state index contributed by atoms with van der Waals surface area (Å²) in [7, 11) is 0. The Morgan fingerprint density at radius 1 is 1.13 bits per heavy atom. The van der Waals surface area contributed by atoms with E-state index in [4.69, 9.17) is 4.74 Å². The number of aromatic nitrogens is 1. The number of nitrogens with zero attached hydrogens (tertiary/aromatic N) is 2. The summed E-state index contributed by atoms with van der Waals surface area (Å²) in [6.07, 6.45) is 3.66. The number of aliphatic hydroxyl groups is 1. The summed E-state index contributed by atoms with van der Waals surface area (Å²) < 4.78 is 5.49. The summed E-state index contributed by atoms with van der Waals surface area (Å²) in [6, 6.07) is 12.4. The van der Waals surface area contributed by atoms with Crippen LogP contribution in [0.25, 0.3) is 0 Å². The number of aliphatic hydroxyl groups excluding tert-OH is 1. The number of benzene rings is 1. The Hall–Kier alpha value is -1.91. The van der Waals surface area contributed by atoms with Gasteiger partial charge in [-0.3, -0.25) is 9.88 Å². The van der Waals surface area contributed by atoms with Crippen LogP contribution in [-0.2, 0) is 6.54 Å². The Morgan fingerprint density at radius 2 is 1.87 bits per heavy atom. The van der Waals surface area contributed by atoms with Crippen molar-refractivity contribution >= 4 is 0 Å². The molecule has 2 atom stereocenters. The summed E-state index contributed by atoms with van der Waals surface area (Å²) in [5, 5.41) is 9.72. The topological polar surface area (TPSA) is 45.6 Å². The fraction of sp³-hybridized carbons (Fsp3) is 0.421. The SMILES string of the molecule is CCOc1ccc(CN2C[C@@H](CO)[C@H](c3ccncc3)C2)cc1. The highest BCUT2D eigenvalue weighted by Crippen LogP contribution is 2.33. The lowest BCUT2D eigenvalue weighted by molar-refractivity contribution is 0.214. The summed E-state index contributed by atoms with van der Waals surface area (Å²) in [6.45, 7) is 5.72. The number of hydrogen-bond acceptors (Lipinski definition) is 4. The van der Waals surface area contributed by atoms with E-state index in [1.54, 1.807) is 0 Å². The molecule has 0 unspecified atom stereocenters. The van der Waals surface area contributed by atoms with Gasteiger partial charge >= 0.3 is 0 Å². The number of rotatable bonds is 6. The molecule has 2 heterocycles. The molecule has 3 rings (SSSR count). The van der Waals surface area contributed by atoms with Crippen LogP contribution >= 0.6 is 0 Å². The maximum absolute atomic E-state index is 9.72. The molecular weight excluding hydrogens is 288 g/mol. The minimum Gasteiger partial charge on any atom is -0.494 e. The predicted octanol–water partition coefficient (Wildman–Crippen LogP) is 2.69. The highest BCUT2D eigenvalue weighted by atomic mass is 16.5. The number of likely N-dealkylation sites (tertiary alicyclic amines) is 1. The molecule has 4 heteroatoms. The van der Waals surface area contributed by atoms with Crippen molar-refractivity contribution in [2.75, 3.05) is 26.3 Å². The quantitative estimate of drug-likeness (QED) is 0.891. The van der Waals surface area contributed by atoms with E-state index in [9.17, 15) is 5.11 Å². The van der Waals surface area contributed by atoms with Gasteiger partial charge in [-0.15, -0.1) is 0 Å². The van der Waals surface area contributed by atoms with E-state index >= 15 is 0 Å². The lowest BCUT2D eigenvalue weighted by Crippen LogP contribution is -2.20. The molecule has 0 aliphatic carbocycles. The largest absolute Gasteiger partial charge is 0.494 e. The molecule has 1 aromatic carbocycles. The molecule has 1 N–H and O–H groups in total. The molecular formula is C19H24N2O2. The third-order valence-corrected chi connectivity index (χ3v) is 4.53. The smallest absolute Gasteiger partial charge is 0.119 e. The fourth-order valence-electron chi connectivity index (χ4n) is 3.38. The minimum absolute atomic E-state index is 0.229. The van der Waals surface area contributed by atoms with Crippen LogP contribution in [0.3, 0.4) is 0 Å². The molecule has 4 nitrogen and oxygen atoms in total. The first kappa shape index (κ1) is 16.0. The third-order valence-electron chi connectivity index (χ3n) is 4.53. The van der Waals surface area contributed by atoms with Crippen LogP contribution in [0, 0.1) is 5.92 Å². The number of ether oxygens (including phenoxy) is 1. The molecule has 122 valence electrons. The molecule has 1 aliphatic heterocycles. The van der Waals surface area contributed by atoms with Crippen molar-refractivity contribution in [2.24, 2.45) is 5.92 Å². The molecule has 1 aliphatic rings. The van der Waals surface area contributed by atoms with Crippen molar-refractivity contribution in [3.8, 4) is 5.75 Å². The summed E-state index contributed by atoms with van der Waals surface area (Å²) in [4.78, 5) is 6.51. The highest BCUT2D eigenvalue weighted by molar-refractivity contribution is 5.27. The average molecular weight is 312 g/mol. The van der Waals surface area contributed by atoms with Gasteiger partial charge in [0.05, 0.1) is 6.61 Å². The summed E-state index contributed by atoms with van der Waals surface area (Å²) >= 11 is 0. The molecule has 23 heavy (non-hydrogen) atoms. The zero-order valence-corrected chi connectivity index (χ0v) is 13.6. The van der Waals surface area contributed by atoms with Gasteiger partial charge in [-0.2, -0.15) is 0 Å². The lowest BCUT2D eigenvalue weighted by atomic mass is 9.90. The minimum atomic E-state index is 0.229. The van der Waals surface area contributed by atoms with Gasteiger partial charge in [0.1, 0.15) is 5.75 Å². The van der Waals surface area contributed by atoms with Gasteiger partial charge in [-0.1, -0.05) is 12.1 Å². The van der Waals surface area contributed by atoms with E-state index in [2.05, 4.69) is 34.1 Å². The highest BCUT2D eigenvalue weighted by Gasteiger charge is 2.33. The van der Waals surface area contributed by atoms with Crippen molar-refractivity contribution in [1.82, 2.24) is 9.88 Å². The van der Waals surface area contributed by atoms with E-state index in [1.807, 2.05) is 31.5 Å². The Morgan fingerprint density at radius 3 is 2.52 bits per heavy atom. The second-order valence-corrected chi connectivity index (χ2v) is 6.10. The van der Waals surface area contributed by atoms with Crippen molar-refractivity contribution in [1.29, 1.82) is 0 Å². The van der Waals surface area contributed by atoms with Crippen LogP contribution in [0.2, 0.25) is 0 Å². The molecule has 2 aromatic rings. The Balaban J connectivity index is 1.65. The molecule has 0 bridgehead atoms. The summed E-state index contributed by atoms with van der Waals surface area (Å²) in [5.41, 5.74) is 2.55. The second-order valence-electron chi connectivity index (χ2n) is 6.10. The fourth-order valence-corrected chi connectivity index (χ4v) is 3.38. The second kappa shape index (κ2) is 7.57. The van der Waals surface area contributed by atoms with Gasteiger partial charge in [-0.05, 0) is 42.3 Å². The van der Waals surface area contributed by atoms with Crippen LogP contribution in [-0.4, -0.2) is 41.3 Å². The van der Waals surface area contributed by atoms with Gasteiger partial charge in [-0.25, -0.2) is 0 Å². The Kier molecular flexibility index (Phi) is 5.26. The zero-order valence-electron chi connectivity index (χ0n) is 13.6. The van der Waals surface area contributed by atoms with Gasteiger partial charge in [0.2, 0.25) is 0 Å². The Labute approximate surface area is 137 Å². The van der Waals surface area contributed by atoms with E-state index < -0.39 is 0 Å². The van der Waals surface area contributed by atoms with Gasteiger partial charge in [0, 0.05) is 50.5 Å². The number of hydrogen-bond donors (Lipinski definition) is 1. The standard InChI is InChI=1S/C19H24N2O2/c1-2-23-18-5-3-15(4-6-18)11-21-12-17(14-22)19(13-21)16-7-9-20-10-8-16/h3-10,17,19,22H,2,11-14H2,1H3/t17-,19-/m0/s1. The molecule has 0 saturated carbocycles. The zero-order chi connectivity index (χ0) is 16.1. The number of pyridine rings is 1. The maximum Gasteiger partial charge on any atom is 0.119 e. The first-order valence-electron chi connectivity index (χ1n) is 8.25. The van der Waals surface area contributed by atoms with Crippen LogP contribution in [0.15, 0.2) is 48.8 Å². The van der Waals surface area contributed by atoms with Crippen LogP contribution < -0.4 is 4.74 Å². The third kappa shape index (κ3) is 3.89. The molecule has 1 aromatic heterocycles. The van der Waals surface area contributed by atoms with E-state index in [0.29, 0.717) is 18.4 Å². The van der Waals surface area contributed by atoms with Gasteiger partial charge < -0.3 is 9.84 Å². The molecule has 0 spiro atoms. The Bertz CT molecular complexity index is 601. The summed E-state index contributed by atoms with van der Waals surface area (Å²) in [5.74, 6) is 1.59. The van der Waals surface area contributed by atoms with Crippen LogP contribution in [0.5, 0.6) is 5.75 Å². The molecule has 1 fully saturated rings. The first-order valence-corrected chi connectivity index (χ1v) is 8.25. The molecule has 1 saturated heterocycles. The van der Waals surface area contributed by atoms with E-state index in [1.165, 1.54) is 11.1 Å². The normalized spacial score (nSPS) is 21.5. The first-order chi connectivity index (χ1) is 11.3. The van der Waals surface area contributed by atoms with E-state index in [-0.39, 0.29) is 6.61 Å². The maximum atomic E-state index is 9.72. The molecule has 0 amide bonds. The van der Waals surface area contributed by atoms with E-state index in [0.717, 1.165) is 25.4 Å². The van der Waals surface area contributed by atoms with Crippen molar-refractivity contribution in [3.05, 3.63) is 59.9 Å². The van der Waals surface area contributed by atoms with Crippen LogP contribution in [0.1, 0.15) is 24.0 Å². The monoisotopic (exact) mass is 312 g/mol. The van der Waals surface area contributed by atoms with Gasteiger partial charge in [0.15, 0.2) is 0 Å². The van der Waals surface area contributed by atoms with Crippen LogP contribution in [0.4, 0.5) is 0 Å². The van der Waals surface area contributed by atoms with Gasteiger partial charge in [0.25, 0.3) is 0 Å². The van der Waals surface area contributed by atoms with Crippen molar-refractivity contribution < 1.29 is 9.84 Å². The molecule has 0 radical (unpaired) electrons. The van der Waals surface area contributed by atoms with Crippen molar-refractivity contribution in [2.45, 2.75) is 19.4 Å².